The highest BCUT2D eigenvalue weighted by atomic mass is 32.2. The highest BCUT2D eigenvalue weighted by molar-refractivity contribution is 7.91. The second-order valence-electron chi connectivity index (χ2n) is 5.38. The number of hydrogen-bond donors (Lipinski definition) is 1. The van der Waals surface area contributed by atoms with Crippen molar-refractivity contribution in [3.8, 4) is 11.1 Å². The summed E-state index contributed by atoms with van der Waals surface area (Å²) in [6.45, 7) is 1.80. The molecule has 0 radical (unpaired) electrons. The molecule has 0 unspecified atom stereocenters. The first-order valence-corrected chi connectivity index (χ1v) is 8.74. The van der Waals surface area contributed by atoms with Crippen LogP contribution < -0.4 is 5.73 Å². The summed E-state index contributed by atoms with van der Waals surface area (Å²) in [6.07, 6.45) is 0. The molecule has 0 saturated carbocycles. The zero-order valence-electron chi connectivity index (χ0n) is 12.7. The first-order chi connectivity index (χ1) is 11.0. The minimum Gasteiger partial charge on any atom is -0.398 e. The second-order valence-corrected chi connectivity index (χ2v) is 7.30. The van der Waals surface area contributed by atoms with Gasteiger partial charge in [-0.1, -0.05) is 48.5 Å². The van der Waals surface area contributed by atoms with Gasteiger partial charge in [-0.15, -0.1) is 0 Å². The Bertz CT molecular complexity index is 945. The summed E-state index contributed by atoms with van der Waals surface area (Å²) >= 11 is 0. The highest BCUT2D eigenvalue weighted by Gasteiger charge is 2.19. The maximum Gasteiger partial charge on any atom is 0.206 e. The SMILES string of the molecule is Cc1ccccc1S(=O)(=O)c1ccc(-c2ccccc2N)cc1. The molecule has 0 aliphatic carbocycles. The van der Waals surface area contributed by atoms with Crippen molar-refractivity contribution in [2.45, 2.75) is 16.7 Å². The van der Waals surface area contributed by atoms with Gasteiger partial charge in [-0.05, 0) is 42.3 Å². The highest BCUT2D eigenvalue weighted by Crippen LogP contribution is 2.29. The molecule has 0 amide bonds. The summed E-state index contributed by atoms with van der Waals surface area (Å²) in [5.41, 5.74) is 9.17. The Labute approximate surface area is 136 Å². The molecule has 0 saturated heterocycles. The van der Waals surface area contributed by atoms with E-state index in [0.717, 1.165) is 16.7 Å². The van der Waals surface area contributed by atoms with E-state index in [4.69, 9.17) is 5.73 Å². The van der Waals surface area contributed by atoms with Crippen LogP contribution in [0.3, 0.4) is 0 Å². The lowest BCUT2D eigenvalue weighted by atomic mass is 10.0. The maximum absolute atomic E-state index is 12.7. The topological polar surface area (TPSA) is 60.2 Å². The van der Waals surface area contributed by atoms with E-state index >= 15 is 0 Å². The molecule has 0 bridgehead atoms. The molecular formula is C19H17NO2S. The van der Waals surface area contributed by atoms with Gasteiger partial charge in [-0.3, -0.25) is 0 Å². The van der Waals surface area contributed by atoms with Crippen LogP contribution in [0.1, 0.15) is 5.56 Å². The molecule has 3 nitrogen and oxygen atoms in total. The number of nitrogens with two attached hydrogens (primary N) is 1. The van der Waals surface area contributed by atoms with Crippen LogP contribution in [0.4, 0.5) is 5.69 Å². The van der Waals surface area contributed by atoms with Crippen LogP contribution in [-0.4, -0.2) is 8.42 Å². The van der Waals surface area contributed by atoms with Crippen molar-refractivity contribution >= 4 is 15.5 Å². The number of nitrogen functional groups attached to an aromatic ring is 1. The minimum atomic E-state index is -3.51. The van der Waals surface area contributed by atoms with Gasteiger partial charge in [0, 0.05) is 11.3 Å². The van der Waals surface area contributed by atoms with Gasteiger partial charge in [0.25, 0.3) is 0 Å². The van der Waals surface area contributed by atoms with Gasteiger partial charge in [-0.2, -0.15) is 0 Å². The predicted octanol–water partition coefficient (Wildman–Crippen LogP) is 4.08. The van der Waals surface area contributed by atoms with Gasteiger partial charge in [0.2, 0.25) is 9.84 Å². The van der Waals surface area contributed by atoms with E-state index in [-0.39, 0.29) is 4.90 Å². The summed E-state index contributed by atoms with van der Waals surface area (Å²) in [6, 6.07) is 21.3. The van der Waals surface area contributed by atoms with E-state index in [1.54, 1.807) is 49.4 Å². The van der Waals surface area contributed by atoms with Gasteiger partial charge < -0.3 is 5.73 Å². The van der Waals surface area contributed by atoms with Crippen LogP contribution in [0, 0.1) is 6.92 Å². The first-order valence-electron chi connectivity index (χ1n) is 7.26. The van der Waals surface area contributed by atoms with Crippen molar-refractivity contribution in [3.05, 3.63) is 78.4 Å². The number of rotatable bonds is 3. The van der Waals surface area contributed by atoms with Crippen molar-refractivity contribution in [3.63, 3.8) is 0 Å². The Morgan fingerprint density at radius 1 is 0.783 bits per heavy atom. The monoisotopic (exact) mass is 323 g/mol. The Kier molecular flexibility index (Phi) is 3.92. The lowest BCUT2D eigenvalue weighted by molar-refractivity contribution is 0.595. The van der Waals surface area contributed by atoms with E-state index in [9.17, 15) is 8.42 Å². The van der Waals surface area contributed by atoms with Crippen LogP contribution in [-0.2, 0) is 9.84 Å². The van der Waals surface area contributed by atoms with E-state index < -0.39 is 9.84 Å². The fourth-order valence-electron chi connectivity index (χ4n) is 2.56. The van der Waals surface area contributed by atoms with E-state index in [2.05, 4.69) is 0 Å². The Balaban J connectivity index is 2.03. The first kappa shape index (κ1) is 15.3. The quantitative estimate of drug-likeness (QED) is 0.739. The number of para-hydroxylation sites is 1. The molecule has 0 aliphatic rings. The van der Waals surface area contributed by atoms with Gasteiger partial charge in [0.15, 0.2) is 0 Å². The molecule has 0 spiro atoms. The van der Waals surface area contributed by atoms with Crippen molar-refractivity contribution in [2.24, 2.45) is 0 Å². The van der Waals surface area contributed by atoms with Crippen LogP contribution in [0.5, 0.6) is 0 Å². The largest absolute Gasteiger partial charge is 0.398 e. The number of aryl methyl sites for hydroxylation is 1. The molecule has 3 aromatic carbocycles. The van der Waals surface area contributed by atoms with E-state index in [1.165, 1.54) is 0 Å². The Morgan fingerprint density at radius 2 is 1.39 bits per heavy atom. The molecule has 0 atom stereocenters. The third kappa shape index (κ3) is 2.85. The molecule has 0 aromatic heterocycles. The number of anilines is 1. The van der Waals surface area contributed by atoms with E-state index in [0.29, 0.717) is 10.6 Å². The molecule has 23 heavy (non-hydrogen) atoms. The number of benzene rings is 3. The van der Waals surface area contributed by atoms with Crippen LogP contribution in [0.25, 0.3) is 11.1 Å². The van der Waals surface area contributed by atoms with Crippen molar-refractivity contribution in [1.82, 2.24) is 0 Å². The predicted molar refractivity (Wildman–Crippen MR) is 92.9 cm³/mol. The van der Waals surface area contributed by atoms with Gasteiger partial charge in [0.1, 0.15) is 0 Å². The fourth-order valence-corrected chi connectivity index (χ4v) is 4.06. The molecule has 4 heteroatoms. The average Bonchev–Trinajstić information content (AvgIpc) is 2.56. The van der Waals surface area contributed by atoms with Crippen molar-refractivity contribution < 1.29 is 8.42 Å². The number of hydrogen-bond acceptors (Lipinski definition) is 3. The third-order valence-electron chi connectivity index (χ3n) is 3.82. The summed E-state index contributed by atoms with van der Waals surface area (Å²) in [7, 11) is -3.51. The molecule has 0 aliphatic heterocycles. The second kappa shape index (κ2) is 5.89. The normalized spacial score (nSPS) is 11.3. The van der Waals surface area contributed by atoms with Crippen LogP contribution in [0.2, 0.25) is 0 Å². The molecule has 116 valence electrons. The van der Waals surface area contributed by atoms with Crippen LogP contribution in [0.15, 0.2) is 82.6 Å². The molecule has 3 rings (SSSR count). The summed E-state index contributed by atoms with van der Waals surface area (Å²) in [5.74, 6) is 0. The van der Waals surface area contributed by atoms with Crippen molar-refractivity contribution in [1.29, 1.82) is 0 Å². The minimum absolute atomic E-state index is 0.282. The smallest absolute Gasteiger partial charge is 0.206 e. The Morgan fingerprint density at radius 3 is 2.04 bits per heavy atom. The molecule has 2 N–H and O–H groups in total. The van der Waals surface area contributed by atoms with Crippen molar-refractivity contribution in [2.75, 3.05) is 5.73 Å². The van der Waals surface area contributed by atoms with Crippen LogP contribution >= 0.6 is 0 Å². The Hall–Kier alpha value is -2.59. The summed E-state index contributed by atoms with van der Waals surface area (Å²) < 4.78 is 25.5. The van der Waals surface area contributed by atoms with Gasteiger partial charge in [0.05, 0.1) is 9.79 Å². The molecule has 3 aromatic rings. The van der Waals surface area contributed by atoms with Gasteiger partial charge >= 0.3 is 0 Å². The zero-order chi connectivity index (χ0) is 16.4. The molecule has 0 fully saturated rings. The summed E-state index contributed by atoms with van der Waals surface area (Å²) in [4.78, 5) is 0.622. The standard InChI is InChI=1S/C19H17NO2S/c1-14-6-2-5-9-19(14)23(21,22)16-12-10-15(11-13-16)17-7-3-4-8-18(17)20/h2-13H,20H2,1H3. The molecular weight excluding hydrogens is 306 g/mol. The molecule has 0 heterocycles. The zero-order valence-corrected chi connectivity index (χ0v) is 13.5. The van der Waals surface area contributed by atoms with E-state index in [1.807, 2.05) is 30.3 Å². The summed E-state index contributed by atoms with van der Waals surface area (Å²) in [5, 5.41) is 0. The van der Waals surface area contributed by atoms with Gasteiger partial charge in [-0.25, -0.2) is 8.42 Å². The number of sulfone groups is 1. The average molecular weight is 323 g/mol. The third-order valence-corrected chi connectivity index (χ3v) is 5.75. The lowest BCUT2D eigenvalue weighted by Crippen LogP contribution is -2.03. The maximum atomic E-state index is 12.7. The lowest BCUT2D eigenvalue weighted by Gasteiger charge is -2.09. The fraction of sp³-hybridized carbons (Fsp3) is 0.0526.